The van der Waals surface area contributed by atoms with Crippen LogP contribution in [0.4, 0.5) is 0 Å². The molecule has 2 aliphatic heterocycles. The van der Waals surface area contributed by atoms with Gasteiger partial charge < -0.3 is 21.3 Å². The summed E-state index contributed by atoms with van der Waals surface area (Å²) in [5, 5.41) is 16.5. The molecule has 1 aliphatic carbocycles. The predicted octanol–water partition coefficient (Wildman–Crippen LogP) is 4.09. The molecule has 0 radical (unpaired) electrons. The van der Waals surface area contributed by atoms with Crippen LogP contribution in [0.2, 0.25) is 0 Å². The van der Waals surface area contributed by atoms with Gasteiger partial charge in [-0.05, 0) is 60.7 Å². The Morgan fingerprint density at radius 1 is 1.06 bits per heavy atom. The van der Waals surface area contributed by atoms with Gasteiger partial charge in [-0.25, -0.2) is 0 Å². The summed E-state index contributed by atoms with van der Waals surface area (Å²) in [6, 6.07) is 15.3. The molecule has 6 nitrogen and oxygen atoms in total. The Labute approximate surface area is 195 Å². The molecule has 3 aliphatic rings. The maximum atomic E-state index is 4.97. The largest absolute Gasteiger partial charge is 0.366 e. The average molecular weight is 441 g/mol. The molecule has 1 saturated heterocycles. The molecule has 0 bridgehead atoms. The minimum atomic E-state index is 0.322. The van der Waals surface area contributed by atoms with Crippen molar-refractivity contribution in [3.63, 3.8) is 0 Å². The Bertz CT molecular complexity index is 1160. The van der Waals surface area contributed by atoms with Crippen molar-refractivity contribution in [1.82, 2.24) is 21.3 Å². The van der Waals surface area contributed by atoms with E-state index in [-0.39, 0.29) is 0 Å². The molecule has 6 heteroatoms. The third-order valence-electron chi connectivity index (χ3n) is 6.34. The van der Waals surface area contributed by atoms with E-state index < -0.39 is 0 Å². The average Bonchev–Trinajstić information content (AvgIpc) is 3.27. The Morgan fingerprint density at radius 2 is 1.94 bits per heavy atom. The smallest absolute Gasteiger partial charge is 0.207 e. The fraction of sp³-hybridized carbons (Fsp3) is 0.333. The highest BCUT2D eigenvalue weighted by Gasteiger charge is 2.17. The van der Waals surface area contributed by atoms with Gasteiger partial charge in [0, 0.05) is 25.2 Å². The molecule has 0 spiro atoms. The zero-order valence-corrected chi connectivity index (χ0v) is 19.2. The molecular weight excluding hydrogens is 408 g/mol. The van der Waals surface area contributed by atoms with Crippen molar-refractivity contribution in [2.24, 2.45) is 9.98 Å². The molecule has 0 saturated carbocycles. The van der Waals surface area contributed by atoms with Crippen LogP contribution in [0.3, 0.4) is 0 Å². The molecule has 5 rings (SSSR count). The molecule has 2 heterocycles. The van der Waals surface area contributed by atoms with E-state index in [1.165, 1.54) is 21.9 Å². The van der Waals surface area contributed by atoms with Gasteiger partial charge in [-0.1, -0.05) is 54.6 Å². The zero-order chi connectivity index (χ0) is 22.5. The van der Waals surface area contributed by atoms with Gasteiger partial charge in [0.1, 0.15) is 11.7 Å². The maximum absolute atomic E-state index is 4.97. The van der Waals surface area contributed by atoms with Crippen LogP contribution in [0.25, 0.3) is 10.8 Å². The Morgan fingerprint density at radius 3 is 2.82 bits per heavy atom. The number of benzene rings is 2. The summed E-state index contributed by atoms with van der Waals surface area (Å²) in [7, 11) is 0. The molecule has 4 N–H and O–H groups in total. The first-order valence-corrected chi connectivity index (χ1v) is 11.9. The lowest BCUT2D eigenvalue weighted by Crippen LogP contribution is -2.41. The fourth-order valence-corrected chi connectivity index (χ4v) is 4.51. The van der Waals surface area contributed by atoms with Crippen LogP contribution in [0.15, 0.2) is 87.8 Å². The normalized spacial score (nSPS) is 22.1. The predicted molar refractivity (Wildman–Crippen MR) is 137 cm³/mol. The highest BCUT2D eigenvalue weighted by atomic mass is 15.2. The Balaban J connectivity index is 1.37. The molecular formula is C27H32N6. The summed E-state index contributed by atoms with van der Waals surface area (Å²) in [5.74, 6) is 2.52. The van der Waals surface area contributed by atoms with E-state index in [0.29, 0.717) is 12.6 Å². The van der Waals surface area contributed by atoms with Gasteiger partial charge in [0.2, 0.25) is 5.96 Å². The second-order valence-electron chi connectivity index (χ2n) is 8.80. The molecule has 33 heavy (non-hydrogen) atoms. The molecule has 1 atom stereocenters. The highest BCUT2D eigenvalue weighted by Crippen LogP contribution is 2.19. The van der Waals surface area contributed by atoms with Gasteiger partial charge in [0.25, 0.3) is 0 Å². The maximum Gasteiger partial charge on any atom is 0.207 e. The van der Waals surface area contributed by atoms with E-state index in [9.17, 15) is 0 Å². The number of amidine groups is 1. The number of nitrogens with zero attached hydrogens (tertiary/aromatic N) is 2. The van der Waals surface area contributed by atoms with E-state index in [1.807, 2.05) is 0 Å². The standard InChI is InChI=1S/C27H32N6/c1-19-7-2-5-12-24(19)31-27-32-25(13-14-26(33-27)30-22-15-16-28-18-22)29-17-21-10-6-9-20-8-3-4-11-23(20)21/h3-4,6-13,22,28-29H,2,5,14-18H2,1H3,(H2,30,31,32,33)/t22-/m1/s1. The third-order valence-corrected chi connectivity index (χ3v) is 6.34. The van der Waals surface area contributed by atoms with Crippen LogP contribution in [-0.4, -0.2) is 30.9 Å². The van der Waals surface area contributed by atoms with Gasteiger partial charge in [0.15, 0.2) is 0 Å². The lowest BCUT2D eigenvalue weighted by molar-refractivity contribution is 0.738. The van der Waals surface area contributed by atoms with Gasteiger partial charge in [-0.3, -0.25) is 4.99 Å². The molecule has 0 unspecified atom stereocenters. The van der Waals surface area contributed by atoms with Crippen molar-refractivity contribution in [2.75, 3.05) is 13.1 Å². The number of hydrogen-bond acceptors (Lipinski definition) is 5. The lowest BCUT2D eigenvalue weighted by atomic mass is 10.0. The summed E-state index contributed by atoms with van der Waals surface area (Å²) < 4.78 is 0. The molecule has 2 aromatic carbocycles. The number of hydrogen-bond donors (Lipinski definition) is 4. The van der Waals surface area contributed by atoms with Gasteiger partial charge >= 0.3 is 0 Å². The van der Waals surface area contributed by atoms with Crippen LogP contribution in [0.1, 0.15) is 38.2 Å². The lowest BCUT2D eigenvalue weighted by Gasteiger charge is -2.18. The fourth-order valence-electron chi connectivity index (χ4n) is 4.51. The number of rotatable bonds is 5. The molecule has 0 aromatic heterocycles. The number of aliphatic imine (C=N–C) groups is 2. The van der Waals surface area contributed by atoms with Crippen LogP contribution in [-0.2, 0) is 6.54 Å². The highest BCUT2D eigenvalue weighted by molar-refractivity contribution is 6.02. The van der Waals surface area contributed by atoms with E-state index >= 15 is 0 Å². The monoisotopic (exact) mass is 440 g/mol. The van der Waals surface area contributed by atoms with Crippen molar-refractivity contribution >= 4 is 22.6 Å². The van der Waals surface area contributed by atoms with Crippen molar-refractivity contribution in [3.8, 4) is 0 Å². The van der Waals surface area contributed by atoms with Crippen molar-refractivity contribution in [2.45, 2.75) is 45.2 Å². The number of allylic oxidation sites excluding steroid dienone is 3. The van der Waals surface area contributed by atoms with Crippen LogP contribution >= 0.6 is 0 Å². The second-order valence-corrected chi connectivity index (χ2v) is 8.80. The summed E-state index contributed by atoms with van der Waals surface area (Å²) >= 11 is 0. The number of nitrogens with one attached hydrogen (secondary N) is 4. The van der Waals surface area contributed by atoms with Crippen molar-refractivity contribution in [3.05, 3.63) is 83.3 Å². The van der Waals surface area contributed by atoms with E-state index in [0.717, 1.165) is 62.1 Å². The Kier molecular flexibility index (Phi) is 6.53. The van der Waals surface area contributed by atoms with Crippen molar-refractivity contribution in [1.29, 1.82) is 0 Å². The minimum absolute atomic E-state index is 0.322. The first-order chi connectivity index (χ1) is 16.2. The Hall–Kier alpha value is -3.38. The third kappa shape index (κ3) is 5.34. The molecule has 2 aromatic rings. The van der Waals surface area contributed by atoms with Crippen LogP contribution in [0, 0.1) is 0 Å². The second kappa shape index (κ2) is 10.0. The summed E-state index contributed by atoms with van der Waals surface area (Å²) in [6.45, 7) is 4.83. The first kappa shape index (κ1) is 21.5. The molecule has 1 fully saturated rings. The van der Waals surface area contributed by atoms with Gasteiger partial charge in [-0.2, -0.15) is 4.99 Å². The summed E-state index contributed by atoms with van der Waals surface area (Å²) in [6.07, 6.45) is 10.6. The van der Waals surface area contributed by atoms with Crippen molar-refractivity contribution < 1.29 is 0 Å². The van der Waals surface area contributed by atoms with Gasteiger partial charge in [0.05, 0.1) is 6.04 Å². The summed E-state index contributed by atoms with van der Waals surface area (Å²) in [5.41, 5.74) is 3.63. The topological polar surface area (TPSA) is 72.8 Å². The first-order valence-electron chi connectivity index (χ1n) is 11.9. The van der Waals surface area contributed by atoms with E-state index in [4.69, 9.17) is 9.98 Å². The van der Waals surface area contributed by atoms with Crippen LogP contribution in [0.5, 0.6) is 0 Å². The SMILES string of the molecule is CC1=CCCC=C1NC1=NC(NCc2cccc3ccccc23)=CCC(=N[C@@H]2CCNC2)N1. The van der Waals surface area contributed by atoms with Crippen LogP contribution < -0.4 is 21.3 Å². The summed E-state index contributed by atoms with van der Waals surface area (Å²) in [4.78, 5) is 9.87. The molecule has 0 amide bonds. The van der Waals surface area contributed by atoms with E-state index in [2.05, 4.69) is 88.9 Å². The molecule has 170 valence electrons. The number of fused-ring (bicyclic) bond motifs is 1. The number of guanidine groups is 1. The van der Waals surface area contributed by atoms with E-state index in [1.54, 1.807) is 0 Å². The zero-order valence-electron chi connectivity index (χ0n) is 19.2. The quantitative estimate of drug-likeness (QED) is 0.565. The van der Waals surface area contributed by atoms with Gasteiger partial charge in [-0.15, -0.1) is 0 Å². The minimum Gasteiger partial charge on any atom is -0.366 e.